The average molecular weight is 217 g/mol. The van der Waals surface area contributed by atoms with Crippen LogP contribution < -0.4 is 4.90 Å². The first-order chi connectivity index (χ1) is 7.63. The van der Waals surface area contributed by atoms with Gasteiger partial charge >= 0.3 is 0 Å². The summed E-state index contributed by atoms with van der Waals surface area (Å²) in [6.07, 6.45) is 0.897. The number of benzene rings is 1. The Morgan fingerprint density at radius 3 is 2.94 bits per heavy atom. The van der Waals surface area contributed by atoms with Gasteiger partial charge in [0.2, 0.25) is 0 Å². The maximum Gasteiger partial charge on any atom is 0.139 e. The van der Waals surface area contributed by atoms with E-state index in [-0.39, 0.29) is 0 Å². The van der Waals surface area contributed by atoms with E-state index < -0.39 is 0 Å². The van der Waals surface area contributed by atoms with E-state index in [1.54, 1.807) is 0 Å². The van der Waals surface area contributed by atoms with E-state index in [9.17, 15) is 4.79 Å². The third-order valence-corrected chi connectivity index (χ3v) is 2.88. The number of carbonyl (C=O) groups is 1. The van der Waals surface area contributed by atoms with Crippen molar-refractivity contribution in [1.29, 1.82) is 0 Å². The van der Waals surface area contributed by atoms with Crippen molar-refractivity contribution in [3.05, 3.63) is 24.0 Å². The molecule has 1 heterocycles. The minimum Gasteiger partial charge on any atom is -0.367 e. The summed E-state index contributed by atoms with van der Waals surface area (Å²) in [5.41, 5.74) is 3.09. The van der Waals surface area contributed by atoms with Crippen LogP contribution in [0.25, 0.3) is 11.0 Å². The summed E-state index contributed by atoms with van der Waals surface area (Å²) >= 11 is 0. The lowest BCUT2D eigenvalue weighted by molar-refractivity contribution is -0.106. The number of aldehydes is 1. The molecule has 16 heavy (non-hydrogen) atoms. The Hall–Kier alpha value is -1.84. The molecule has 0 saturated heterocycles. The van der Waals surface area contributed by atoms with Gasteiger partial charge in [-0.25, -0.2) is 4.98 Å². The summed E-state index contributed by atoms with van der Waals surface area (Å²) in [4.78, 5) is 16.8. The fourth-order valence-electron chi connectivity index (χ4n) is 1.76. The smallest absolute Gasteiger partial charge is 0.139 e. The van der Waals surface area contributed by atoms with Gasteiger partial charge in [0, 0.05) is 19.8 Å². The van der Waals surface area contributed by atoms with Gasteiger partial charge in [-0.05, 0) is 25.1 Å². The van der Waals surface area contributed by atoms with Gasteiger partial charge in [-0.1, -0.05) is 0 Å². The lowest BCUT2D eigenvalue weighted by Gasteiger charge is -2.15. The molecule has 0 N–H and O–H groups in total. The van der Waals surface area contributed by atoms with Crippen LogP contribution >= 0.6 is 0 Å². The van der Waals surface area contributed by atoms with Gasteiger partial charge in [0.15, 0.2) is 0 Å². The van der Waals surface area contributed by atoms with E-state index >= 15 is 0 Å². The van der Waals surface area contributed by atoms with Gasteiger partial charge in [-0.2, -0.15) is 0 Å². The Bertz CT molecular complexity index is 530. The number of imidazole rings is 1. The Balaban J connectivity index is 2.48. The molecule has 0 radical (unpaired) electrons. The van der Waals surface area contributed by atoms with E-state index in [0.29, 0.717) is 6.54 Å². The van der Waals surface area contributed by atoms with Crippen molar-refractivity contribution < 1.29 is 4.79 Å². The first-order valence-corrected chi connectivity index (χ1v) is 5.21. The normalized spacial score (nSPS) is 10.7. The van der Waals surface area contributed by atoms with Crippen LogP contribution in [0.15, 0.2) is 18.2 Å². The fourth-order valence-corrected chi connectivity index (χ4v) is 1.76. The molecule has 2 rings (SSSR count). The molecule has 0 atom stereocenters. The first kappa shape index (κ1) is 10.7. The fraction of sp³-hybridized carbons (Fsp3) is 0.333. The van der Waals surface area contributed by atoms with Crippen LogP contribution in [0.1, 0.15) is 5.82 Å². The van der Waals surface area contributed by atoms with Crippen LogP contribution in [0.5, 0.6) is 0 Å². The number of carbonyl (C=O) groups excluding carboxylic acids is 1. The molecular weight excluding hydrogens is 202 g/mol. The summed E-state index contributed by atoms with van der Waals surface area (Å²) in [6, 6.07) is 6.05. The van der Waals surface area contributed by atoms with Gasteiger partial charge in [-0.15, -0.1) is 0 Å². The molecule has 0 spiro atoms. The predicted molar refractivity (Wildman–Crippen MR) is 64.8 cm³/mol. The van der Waals surface area contributed by atoms with Crippen molar-refractivity contribution in [2.75, 3.05) is 18.5 Å². The molecule has 2 aromatic rings. The predicted octanol–water partition coefficient (Wildman–Crippen LogP) is 1.52. The molecule has 0 amide bonds. The van der Waals surface area contributed by atoms with Crippen LogP contribution in [0.4, 0.5) is 5.69 Å². The molecule has 0 aliphatic rings. The molecule has 84 valence electrons. The van der Waals surface area contributed by atoms with Crippen LogP contribution in [0.3, 0.4) is 0 Å². The van der Waals surface area contributed by atoms with Gasteiger partial charge in [0.1, 0.15) is 12.1 Å². The number of anilines is 1. The zero-order valence-electron chi connectivity index (χ0n) is 9.77. The SMILES string of the molecule is Cc1nc2cc(N(C)CC=O)ccc2n1C. The zero-order valence-corrected chi connectivity index (χ0v) is 9.77. The molecule has 4 nitrogen and oxygen atoms in total. The highest BCUT2D eigenvalue weighted by molar-refractivity contribution is 5.81. The topological polar surface area (TPSA) is 38.1 Å². The Morgan fingerprint density at radius 1 is 1.50 bits per heavy atom. The van der Waals surface area contributed by atoms with Crippen molar-refractivity contribution in [2.24, 2.45) is 7.05 Å². The van der Waals surface area contributed by atoms with Gasteiger partial charge in [0.05, 0.1) is 17.6 Å². The van der Waals surface area contributed by atoms with Crippen LogP contribution in [-0.4, -0.2) is 29.4 Å². The highest BCUT2D eigenvalue weighted by Gasteiger charge is 2.06. The molecule has 0 bridgehead atoms. The van der Waals surface area contributed by atoms with Gasteiger partial charge in [-0.3, -0.25) is 0 Å². The molecule has 1 aromatic heterocycles. The second-order valence-corrected chi connectivity index (χ2v) is 3.94. The first-order valence-electron chi connectivity index (χ1n) is 5.21. The number of aromatic nitrogens is 2. The standard InChI is InChI=1S/C12H15N3O/c1-9-13-11-8-10(14(2)6-7-16)4-5-12(11)15(9)3/h4-5,7-8H,6H2,1-3H3. The highest BCUT2D eigenvalue weighted by Crippen LogP contribution is 2.21. The van der Waals surface area contributed by atoms with Crippen LogP contribution in [-0.2, 0) is 11.8 Å². The van der Waals surface area contributed by atoms with Crippen molar-refractivity contribution in [2.45, 2.75) is 6.92 Å². The quantitative estimate of drug-likeness (QED) is 0.731. The summed E-state index contributed by atoms with van der Waals surface area (Å²) in [5.74, 6) is 0.991. The highest BCUT2D eigenvalue weighted by atomic mass is 16.1. The third-order valence-electron chi connectivity index (χ3n) is 2.88. The minimum absolute atomic E-state index is 0.400. The number of rotatable bonds is 3. The van der Waals surface area contributed by atoms with Crippen molar-refractivity contribution in [3.8, 4) is 0 Å². The lowest BCUT2D eigenvalue weighted by Crippen LogP contribution is -2.19. The molecule has 0 unspecified atom stereocenters. The Kier molecular flexibility index (Phi) is 2.64. The van der Waals surface area contributed by atoms with E-state index in [1.807, 2.05) is 44.1 Å². The Labute approximate surface area is 94.5 Å². The van der Waals surface area contributed by atoms with Crippen LogP contribution in [0.2, 0.25) is 0 Å². The van der Waals surface area contributed by atoms with E-state index in [4.69, 9.17) is 0 Å². The summed E-state index contributed by atoms with van der Waals surface area (Å²) in [5, 5.41) is 0. The van der Waals surface area contributed by atoms with Crippen molar-refractivity contribution in [1.82, 2.24) is 9.55 Å². The lowest BCUT2D eigenvalue weighted by atomic mass is 10.2. The average Bonchev–Trinajstić information content (AvgIpc) is 2.55. The molecule has 0 fully saturated rings. The molecule has 0 saturated carbocycles. The van der Waals surface area contributed by atoms with E-state index in [1.165, 1.54) is 0 Å². The summed E-state index contributed by atoms with van der Waals surface area (Å²) in [6.45, 7) is 2.38. The molecular formula is C12H15N3O. The maximum atomic E-state index is 10.4. The molecule has 4 heteroatoms. The molecule has 0 aliphatic carbocycles. The zero-order chi connectivity index (χ0) is 11.7. The largest absolute Gasteiger partial charge is 0.367 e. The number of aryl methyl sites for hydroxylation is 2. The maximum absolute atomic E-state index is 10.4. The van der Waals surface area contributed by atoms with Gasteiger partial charge < -0.3 is 14.3 Å². The Morgan fingerprint density at radius 2 is 2.25 bits per heavy atom. The second kappa shape index (κ2) is 3.96. The molecule has 1 aromatic carbocycles. The minimum atomic E-state index is 0.400. The van der Waals surface area contributed by atoms with E-state index in [0.717, 1.165) is 28.8 Å². The molecule has 0 aliphatic heterocycles. The number of nitrogens with zero attached hydrogens (tertiary/aromatic N) is 3. The number of likely N-dealkylation sites (N-methyl/N-ethyl adjacent to an activating group) is 1. The van der Waals surface area contributed by atoms with Crippen molar-refractivity contribution >= 4 is 23.0 Å². The summed E-state index contributed by atoms with van der Waals surface area (Å²) in [7, 11) is 3.89. The van der Waals surface area contributed by atoms with Crippen LogP contribution in [0, 0.1) is 6.92 Å². The van der Waals surface area contributed by atoms with Gasteiger partial charge in [0.25, 0.3) is 0 Å². The number of hydrogen-bond donors (Lipinski definition) is 0. The van der Waals surface area contributed by atoms with E-state index in [2.05, 4.69) is 9.55 Å². The second-order valence-electron chi connectivity index (χ2n) is 3.94. The third kappa shape index (κ3) is 1.66. The number of fused-ring (bicyclic) bond motifs is 1. The number of hydrogen-bond acceptors (Lipinski definition) is 3. The monoisotopic (exact) mass is 217 g/mol. The van der Waals surface area contributed by atoms with Crippen molar-refractivity contribution in [3.63, 3.8) is 0 Å². The summed E-state index contributed by atoms with van der Waals surface area (Å²) < 4.78 is 2.05.